The van der Waals surface area contributed by atoms with E-state index >= 15 is 0 Å². The Bertz CT molecular complexity index is 790. The average Bonchev–Trinajstić information content (AvgIpc) is 2.79. The Balaban J connectivity index is 1.46. The zero-order valence-electron chi connectivity index (χ0n) is 20.4. The highest BCUT2D eigenvalue weighted by Gasteiger charge is 2.17. The fourth-order valence-corrected chi connectivity index (χ4v) is 5.22. The molecule has 0 radical (unpaired) electrons. The Morgan fingerprint density at radius 3 is 1.34 bits per heavy atom. The molecule has 0 aromatic heterocycles. The van der Waals surface area contributed by atoms with E-state index in [0.717, 1.165) is 50.9 Å². The van der Waals surface area contributed by atoms with E-state index in [1.165, 1.54) is 59.1 Å². The molecule has 2 aromatic carbocycles. The van der Waals surface area contributed by atoms with Crippen LogP contribution in [0.4, 0.5) is 0 Å². The van der Waals surface area contributed by atoms with Crippen LogP contribution in [0, 0.1) is 39.5 Å². The fourth-order valence-electron chi connectivity index (χ4n) is 5.22. The summed E-state index contributed by atoms with van der Waals surface area (Å²) in [7, 11) is 0. The van der Waals surface area contributed by atoms with E-state index < -0.39 is 0 Å². The first-order valence-electron chi connectivity index (χ1n) is 12.4. The summed E-state index contributed by atoms with van der Waals surface area (Å²) in [5.41, 5.74) is 7.35. The van der Waals surface area contributed by atoms with Crippen molar-refractivity contribution in [3.63, 3.8) is 0 Å². The lowest BCUT2D eigenvalue weighted by atomic mass is 9.96. The van der Waals surface area contributed by atoms with Gasteiger partial charge < -0.3 is 20.1 Å². The van der Waals surface area contributed by atoms with Gasteiger partial charge in [-0.15, -0.1) is 0 Å². The Morgan fingerprint density at radius 1 is 0.656 bits per heavy atom. The Hall–Kier alpha value is -2.04. The summed E-state index contributed by atoms with van der Waals surface area (Å²) in [4.78, 5) is 0. The predicted molar refractivity (Wildman–Crippen MR) is 133 cm³/mol. The monoisotopic (exact) mass is 436 g/mol. The van der Waals surface area contributed by atoms with Crippen molar-refractivity contribution in [3.05, 3.63) is 46.5 Å². The zero-order chi connectivity index (χ0) is 22.5. The van der Waals surface area contributed by atoms with E-state index in [9.17, 15) is 0 Å². The topological polar surface area (TPSA) is 42.5 Å². The van der Waals surface area contributed by atoms with Crippen molar-refractivity contribution in [2.45, 2.75) is 53.4 Å². The third-order valence-corrected chi connectivity index (χ3v) is 6.98. The van der Waals surface area contributed by atoms with Crippen LogP contribution in [-0.2, 0) is 0 Å². The van der Waals surface area contributed by atoms with Gasteiger partial charge in [0.05, 0.1) is 13.2 Å². The first-order chi connectivity index (χ1) is 15.5. The molecule has 2 unspecified atom stereocenters. The van der Waals surface area contributed by atoms with Crippen molar-refractivity contribution < 1.29 is 9.47 Å². The molecule has 0 spiro atoms. The SMILES string of the molecule is Cc1cc(-c2cc(C)c(OCC3CCCNC3)c(C)c2)cc(C)c1OCC1CCCNC1. The Morgan fingerprint density at radius 2 is 1.03 bits per heavy atom. The van der Waals surface area contributed by atoms with Gasteiger partial charge in [0.1, 0.15) is 11.5 Å². The molecular weight excluding hydrogens is 396 g/mol. The fraction of sp³-hybridized carbons (Fsp3) is 0.571. The zero-order valence-corrected chi connectivity index (χ0v) is 20.4. The molecular formula is C28H40N2O2. The summed E-state index contributed by atoms with van der Waals surface area (Å²) >= 11 is 0. The molecule has 0 amide bonds. The second kappa shape index (κ2) is 10.7. The molecule has 174 valence electrons. The van der Waals surface area contributed by atoms with Gasteiger partial charge in [0.15, 0.2) is 0 Å². The summed E-state index contributed by atoms with van der Waals surface area (Å²) in [6, 6.07) is 9.07. The van der Waals surface area contributed by atoms with Gasteiger partial charge in [-0.2, -0.15) is 0 Å². The minimum Gasteiger partial charge on any atom is -0.493 e. The quantitative estimate of drug-likeness (QED) is 0.614. The van der Waals surface area contributed by atoms with Gasteiger partial charge in [0.2, 0.25) is 0 Å². The first-order valence-corrected chi connectivity index (χ1v) is 12.4. The molecule has 2 fully saturated rings. The largest absolute Gasteiger partial charge is 0.493 e. The Kier molecular flexibility index (Phi) is 7.75. The highest BCUT2D eigenvalue weighted by molar-refractivity contribution is 5.70. The molecule has 2 atom stereocenters. The number of hydrogen-bond acceptors (Lipinski definition) is 4. The molecule has 32 heavy (non-hydrogen) atoms. The molecule has 0 bridgehead atoms. The number of rotatable bonds is 7. The van der Waals surface area contributed by atoms with Gasteiger partial charge in [0.25, 0.3) is 0 Å². The maximum Gasteiger partial charge on any atom is 0.125 e. The van der Waals surface area contributed by atoms with Crippen LogP contribution < -0.4 is 20.1 Å². The Labute approximate surface area is 194 Å². The maximum atomic E-state index is 6.29. The third-order valence-electron chi connectivity index (χ3n) is 6.98. The van der Waals surface area contributed by atoms with Crippen LogP contribution >= 0.6 is 0 Å². The average molecular weight is 437 g/mol. The summed E-state index contributed by atoms with van der Waals surface area (Å²) in [5.74, 6) is 3.33. The highest BCUT2D eigenvalue weighted by Crippen LogP contribution is 2.35. The van der Waals surface area contributed by atoms with E-state index in [-0.39, 0.29) is 0 Å². The summed E-state index contributed by atoms with van der Waals surface area (Å²) < 4.78 is 12.6. The van der Waals surface area contributed by atoms with E-state index in [4.69, 9.17) is 9.47 Å². The number of nitrogens with one attached hydrogen (secondary N) is 2. The van der Waals surface area contributed by atoms with Gasteiger partial charge >= 0.3 is 0 Å². The lowest BCUT2D eigenvalue weighted by molar-refractivity contribution is 0.216. The van der Waals surface area contributed by atoms with Crippen LogP contribution in [0.1, 0.15) is 47.9 Å². The van der Waals surface area contributed by atoms with Crippen LogP contribution in [-0.4, -0.2) is 39.4 Å². The van der Waals surface area contributed by atoms with Crippen molar-refractivity contribution in [1.29, 1.82) is 0 Å². The molecule has 4 nitrogen and oxygen atoms in total. The van der Waals surface area contributed by atoms with Crippen molar-refractivity contribution in [2.75, 3.05) is 39.4 Å². The van der Waals surface area contributed by atoms with Gasteiger partial charge in [-0.3, -0.25) is 0 Å². The maximum absolute atomic E-state index is 6.29. The van der Waals surface area contributed by atoms with Gasteiger partial charge in [0, 0.05) is 24.9 Å². The van der Waals surface area contributed by atoms with Crippen LogP contribution in [0.15, 0.2) is 24.3 Å². The predicted octanol–water partition coefficient (Wildman–Crippen LogP) is 5.34. The van der Waals surface area contributed by atoms with E-state index in [1.807, 2.05) is 0 Å². The van der Waals surface area contributed by atoms with Crippen LogP contribution in [0.2, 0.25) is 0 Å². The number of aryl methyl sites for hydroxylation is 4. The molecule has 0 saturated carbocycles. The number of piperidine rings is 2. The summed E-state index contributed by atoms with van der Waals surface area (Å²) in [6.45, 7) is 14.7. The molecule has 2 aromatic rings. The second-order valence-corrected chi connectivity index (χ2v) is 9.93. The van der Waals surface area contributed by atoms with Crippen LogP contribution in [0.5, 0.6) is 11.5 Å². The lowest BCUT2D eigenvalue weighted by Gasteiger charge is -2.24. The summed E-state index contributed by atoms with van der Waals surface area (Å²) in [6.07, 6.45) is 5.02. The van der Waals surface area contributed by atoms with Crippen molar-refractivity contribution in [1.82, 2.24) is 10.6 Å². The van der Waals surface area contributed by atoms with E-state index in [1.54, 1.807) is 0 Å². The van der Waals surface area contributed by atoms with Crippen molar-refractivity contribution in [2.24, 2.45) is 11.8 Å². The van der Waals surface area contributed by atoms with Crippen molar-refractivity contribution in [3.8, 4) is 22.6 Å². The smallest absolute Gasteiger partial charge is 0.125 e. The molecule has 2 aliphatic rings. The van der Waals surface area contributed by atoms with Crippen LogP contribution in [0.3, 0.4) is 0 Å². The number of hydrogen-bond donors (Lipinski definition) is 2. The molecule has 0 aliphatic carbocycles. The minimum absolute atomic E-state index is 0.615. The molecule has 2 N–H and O–H groups in total. The summed E-state index contributed by atoms with van der Waals surface area (Å²) in [5, 5.41) is 6.96. The van der Waals surface area contributed by atoms with Gasteiger partial charge in [-0.05, 0) is 124 Å². The van der Waals surface area contributed by atoms with Gasteiger partial charge in [-0.25, -0.2) is 0 Å². The minimum atomic E-state index is 0.615. The molecule has 4 heteroatoms. The van der Waals surface area contributed by atoms with E-state index in [2.05, 4.69) is 62.6 Å². The lowest BCUT2D eigenvalue weighted by Crippen LogP contribution is -2.33. The van der Waals surface area contributed by atoms with Gasteiger partial charge in [-0.1, -0.05) is 0 Å². The van der Waals surface area contributed by atoms with Crippen molar-refractivity contribution >= 4 is 0 Å². The molecule has 2 saturated heterocycles. The van der Waals surface area contributed by atoms with E-state index in [0.29, 0.717) is 11.8 Å². The second-order valence-electron chi connectivity index (χ2n) is 9.93. The number of benzene rings is 2. The molecule has 2 aliphatic heterocycles. The molecule has 2 heterocycles. The normalized spacial score (nSPS) is 21.4. The van der Waals surface area contributed by atoms with Crippen LogP contribution in [0.25, 0.3) is 11.1 Å². The third kappa shape index (κ3) is 5.65. The number of ether oxygens (including phenoxy) is 2. The first kappa shape index (κ1) is 23.1. The highest BCUT2D eigenvalue weighted by atomic mass is 16.5. The molecule has 4 rings (SSSR count). The standard InChI is InChI=1S/C28H40N2O2/c1-19-11-25(12-20(2)27(19)31-17-23-7-5-9-29-15-23)26-13-21(3)28(22(4)14-26)32-18-24-8-6-10-30-16-24/h11-14,23-24,29-30H,5-10,15-18H2,1-4H3.